The molecule has 1 fully saturated rings. The van der Waals surface area contributed by atoms with E-state index in [2.05, 4.69) is 30.9 Å². The van der Waals surface area contributed by atoms with Gasteiger partial charge in [-0.3, -0.25) is 19.9 Å². The van der Waals surface area contributed by atoms with E-state index in [9.17, 15) is 14.4 Å². The van der Waals surface area contributed by atoms with Crippen molar-refractivity contribution in [2.24, 2.45) is 0 Å². The van der Waals surface area contributed by atoms with Crippen LogP contribution in [0.5, 0.6) is 0 Å². The van der Waals surface area contributed by atoms with Crippen molar-refractivity contribution < 1.29 is 14.4 Å². The predicted molar refractivity (Wildman–Crippen MR) is 143 cm³/mol. The van der Waals surface area contributed by atoms with Crippen LogP contribution in [-0.2, 0) is 4.79 Å². The van der Waals surface area contributed by atoms with Crippen LogP contribution in [0.4, 0.5) is 16.4 Å². The first-order chi connectivity index (χ1) is 17.7. The molecule has 0 aliphatic carbocycles. The van der Waals surface area contributed by atoms with Crippen molar-refractivity contribution >= 4 is 50.9 Å². The Kier molecular flexibility index (Phi) is 6.30. The molecule has 1 aliphatic rings. The molecule has 3 N–H and O–H groups in total. The zero-order chi connectivity index (χ0) is 26.2. The Morgan fingerprint density at radius 3 is 2.70 bits per heavy atom. The maximum atomic E-state index is 12.7. The van der Waals surface area contributed by atoms with Crippen molar-refractivity contribution in [3.63, 3.8) is 0 Å². The van der Waals surface area contributed by atoms with E-state index >= 15 is 0 Å². The van der Waals surface area contributed by atoms with Crippen LogP contribution in [0, 0.1) is 6.92 Å². The van der Waals surface area contributed by atoms with Crippen molar-refractivity contribution in [3.05, 3.63) is 66.1 Å². The van der Waals surface area contributed by atoms with Gasteiger partial charge in [0, 0.05) is 41.6 Å². The lowest BCUT2D eigenvalue weighted by Gasteiger charge is -2.27. The number of aryl methyl sites for hydroxylation is 1. The third-order valence-corrected chi connectivity index (χ3v) is 7.39. The van der Waals surface area contributed by atoms with Gasteiger partial charge in [-0.15, -0.1) is 11.3 Å². The number of carbonyl (C=O) groups is 3. The SMILES string of the molecule is Cc1ncccc1C(=O)Nc1ccc2sc(-c3ccnc(NCCN4C(=O)NC(=O)C4(C)C)n3)cc2c1. The topological polar surface area (TPSA) is 129 Å². The van der Waals surface area contributed by atoms with Crippen molar-refractivity contribution in [1.82, 2.24) is 25.2 Å². The van der Waals surface area contributed by atoms with Crippen LogP contribution in [-0.4, -0.2) is 56.3 Å². The van der Waals surface area contributed by atoms with E-state index in [-0.39, 0.29) is 11.8 Å². The number of amides is 4. The molecule has 37 heavy (non-hydrogen) atoms. The number of hydrogen-bond acceptors (Lipinski definition) is 8. The molecule has 1 aliphatic heterocycles. The minimum atomic E-state index is -0.895. The molecule has 0 unspecified atom stereocenters. The first-order valence-electron chi connectivity index (χ1n) is 11.7. The highest BCUT2D eigenvalue weighted by atomic mass is 32.1. The molecule has 0 bridgehead atoms. The molecule has 0 spiro atoms. The van der Waals surface area contributed by atoms with Gasteiger partial charge >= 0.3 is 6.03 Å². The maximum absolute atomic E-state index is 12.7. The average Bonchev–Trinajstić information content (AvgIpc) is 3.38. The Morgan fingerprint density at radius 2 is 1.95 bits per heavy atom. The summed E-state index contributed by atoms with van der Waals surface area (Å²) in [4.78, 5) is 52.2. The highest BCUT2D eigenvalue weighted by Gasteiger charge is 2.45. The minimum Gasteiger partial charge on any atom is -0.352 e. The van der Waals surface area contributed by atoms with Gasteiger partial charge in [0.2, 0.25) is 5.95 Å². The summed E-state index contributed by atoms with van der Waals surface area (Å²) in [5, 5.41) is 9.41. The van der Waals surface area contributed by atoms with Crippen LogP contribution < -0.4 is 16.0 Å². The van der Waals surface area contributed by atoms with Crippen molar-refractivity contribution in [2.75, 3.05) is 23.7 Å². The number of thiophene rings is 1. The number of urea groups is 1. The normalized spacial score (nSPS) is 14.6. The number of nitrogens with zero attached hydrogens (tertiary/aromatic N) is 4. The van der Waals surface area contributed by atoms with Crippen LogP contribution in [0.1, 0.15) is 29.9 Å². The molecule has 1 aromatic carbocycles. The van der Waals surface area contributed by atoms with Crippen molar-refractivity contribution in [2.45, 2.75) is 26.3 Å². The molecule has 1 saturated heterocycles. The van der Waals surface area contributed by atoms with E-state index in [0.29, 0.717) is 36.0 Å². The number of carbonyl (C=O) groups excluding carboxylic acids is 3. The number of imide groups is 1. The second kappa shape index (κ2) is 9.58. The Balaban J connectivity index is 1.28. The van der Waals surface area contributed by atoms with Crippen LogP contribution in [0.15, 0.2) is 54.9 Å². The Morgan fingerprint density at radius 1 is 1.11 bits per heavy atom. The third-order valence-electron chi connectivity index (χ3n) is 6.25. The zero-order valence-electron chi connectivity index (χ0n) is 20.5. The molecule has 0 saturated carbocycles. The zero-order valence-corrected chi connectivity index (χ0v) is 21.3. The Bertz CT molecular complexity index is 1530. The highest BCUT2D eigenvalue weighted by molar-refractivity contribution is 7.22. The number of aromatic nitrogens is 3. The molecule has 4 aromatic rings. The number of benzene rings is 1. The van der Waals surface area contributed by atoms with Gasteiger partial charge in [0.1, 0.15) is 5.54 Å². The fraction of sp³-hybridized carbons (Fsp3) is 0.231. The molecule has 5 rings (SSSR count). The molecule has 188 valence electrons. The van der Waals surface area contributed by atoms with Crippen molar-refractivity contribution in [1.29, 1.82) is 0 Å². The van der Waals surface area contributed by atoms with E-state index in [1.54, 1.807) is 56.6 Å². The molecule has 11 heteroatoms. The number of pyridine rings is 1. The van der Waals surface area contributed by atoms with Gasteiger partial charge in [-0.05, 0) is 68.6 Å². The number of rotatable bonds is 7. The summed E-state index contributed by atoms with van der Waals surface area (Å²) in [6.45, 7) is 5.94. The second-order valence-electron chi connectivity index (χ2n) is 9.12. The van der Waals surface area contributed by atoms with Gasteiger partial charge in [-0.25, -0.2) is 14.8 Å². The van der Waals surface area contributed by atoms with Crippen LogP contribution in [0.3, 0.4) is 0 Å². The highest BCUT2D eigenvalue weighted by Crippen LogP contribution is 2.34. The van der Waals surface area contributed by atoms with Crippen LogP contribution in [0.25, 0.3) is 20.7 Å². The van der Waals surface area contributed by atoms with Gasteiger partial charge in [-0.1, -0.05) is 0 Å². The monoisotopic (exact) mass is 515 g/mol. The van der Waals surface area contributed by atoms with Gasteiger partial charge in [0.05, 0.1) is 16.1 Å². The molecule has 10 nitrogen and oxygen atoms in total. The first kappa shape index (κ1) is 24.3. The van der Waals surface area contributed by atoms with Crippen molar-refractivity contribution in [3.8, 4) is 10.6 Å². The fourth-order valence-electron chi connectivity index (χ4n) is 4.11. The molecule has 4 heterocycles. The minimum absolute atomic E-state index is 0.203. The average molecular weight is 516 g/mol. The van der Waals surface area contributed by atoms with Gasteiger partial charge < -0.3 is 15.5 Å². The smallest absolute Gasteiger partial charge is 0.325 e. The van der Waals surface area contributed by atoms with Gasteiger partial charge in [-0.2, -0.15) is 0 Å². The van der Waals surface area contributed by atoms with Crippen LogP contribution in [0.2, 0.25) is 0 Å². The molecule has 3 aromatic heterocycles. The standard InChI is InChI=1S/C26H25N7O3S/c1-15-18(5-4-9-27-15)22(34)30-17-6-7-20-16(13-17)14-21(37-20)19-8-10-28-24(31-19)29-11-12-33-25(36)32-23(35)26(33,2)3/h4-10,13-14H,11-12H2,1-3H3,(H,30,34)(H,28,29,31)(H,32,35,36). The number of nitrogens with one attached hydrogen (secondary N) is 3. The van der Waals surface area contributed by atoms with E-state index in [1.807, 2.05) is 30.3 Å². The summed E-state index contributed by atoms with van der Waals surface area (Å²) in [5.74, 6) is -0.0833. The summed E-state index contributed by atoms with van der Waals surface area (Å²) in [7, 11) is 0. The predicted octanol–water partition coefficient (Wildman–Crippen LogP) is 4.06. The number of hydrogen-bond donors (Lipinski definition) is 3. The Hall–Kier alpha value is -4.38. The summed E-state index contributed by atoms with van der Waals surface area (Å²) >= 11 is 1.59. The fourth-order valence-corrected chi connectivity index (χ4v) is 5.12. The summed E-state index contributed by atoms with van der Waals surface area (Å²) in [6, 6.07) is 12.7. The molecule has 0 atom stereocenters. The number of anilines is 2. The largest absolute Gasteiger partial charge is 0.352 e. The Labute approximate surface area is 217 Å². The maximum Gasteiger partial charge on any atom is 0.325 e. The molecular formula is C26H25N7O3S. The lowest BCUT2D eigenvalue weighted by molar-refractivity contribution is -0.125. The summed E-state index contributed by atoms with van der Waals surface area (Å²) < 4.78 is 1.06. The lowest BCUT2D eigenvalue weighted by atomic mass is 10.0. The number of fused-ring (bicyclic) bond motifs is 1. The summed E-state index contributed by atoms with van der Waals surface area (Å²) in [5.41, 5.74) is 1.77. The van der Waals surface area contributed by atoms with E-state index < -0.39 is 11.6 Å². The molecular weight excluding hydrogens is 490 g/mol. The first-order valence-corrected chi connectivity index (χ1v) is 12.5. The van der Waals surface area contributed by atoms with Crippen LogP contribution >= 0.6 is 11.3 Å². The lowest BCUT2D eigenvalue weighted by Crippen LogP contribution is -2.46. The van der Waals surface area contributed by atoms with Gasteiger partial charge in [0.25, 0.3) is 11.8 Å². The van der Waals surface area contributed by atoms with E-state index in [1.165, 1.54) is 4.90 Å². The van der Waals surface area contributed by atoms with E-state index in [0.717, 1.165) is 20.7 Å². The second-order valence-corrected chi connectivity index (χ2v) is 10.2. The quantitative estimate of drug-likeness (QED) is 0.317. The third kappa shape index (κ3) is 4.85. The van der Waals surface area contributed by atoms with E-state index in [4.69, 9.17) is 0 Å². The molecule has 0 radical (unpaired) electrons. The molecule has 4 amide bonds. The van der Waals surface area contributed by atoms with Gasteiger partial charge in [0.15, 0.2) is 0 Å². The summed E-state index contributed by atoms with van der Waals surface area (Å²) in [6.07, 6.45) is 3.33.